The van der Waals surface area contributed by atoms with Gasteiger partial charge in [0.2, 0.25) is 5.91 Å². The maximum Gasteiger partial charge on any atom is 0.435 e. The summed E-state index contributed by atoms with van der Waals surface area (Å²) in [6, 6.07) is 13.6. The van der Waals surface area contributed by atoms with E-state index in [-0.39, 0.29) is 29.3 Å². The van der Waals surface area contributed by atoms with Gasteiger partial charge in [0.15, 0.2) is 5.69 Å². The predicted octanol–water partition coefficient (Wildman–Crippen LogP) is 6.63. The Bertz CT molecular complexity index is 1550. The van der Waals surface area contributed by atoms with Crippen molar-refractivity contribution in [2.45, 2.75) is 31.7 Å². The molecular formula is C27H20ClF6N5O2. The molecule has 0 radical (unpaired) electrons. The van der Waals surface area contributed by atoms with Gasteiger partial charge in [0.05, 0.1) is 29.4 Å². The summed E-state index contributed by atoms with van der Waals surface area (Å²) >= 11 is 5.97. The Kier molecular flexibility index (Phi) is 8.38. The lowest BCUT2D eigenvalue weighted by Gasteiger charge is -2.14. The standard InChI is InChI=1S/C27H20ClF6N5O2/c1-15(16-5-10-22(35-13-16)25(41)37-19-8-6-17(7-9-19)26(29,30)31)24(40)36-14-21-12-23(27(32,33)34)38-39(21)20-4-2-3-18(28)11-20/h2-13,15H,14H2,1H3,(H,36,40)(H,37,41). The van der Waals surface area contributed by atoms with Crippen molar-refractivity contribution < 1.29 is 35.9 Å². The van der Waals surface area contributed by atoms with Crippen molar-refractivity contribution in [2.75, 3.05) is 5.32 Å². The van der Waals surface area contributed by atoms with Gasteiger partial charge in [0, 0.05) is 16.9 Å². The van der Waals surface area contributed by atoms with Crippen LogP contribution < -0.4 is 10.6 Å². The first-order valence-electron chi connectivity index (χ1n) is 11.9. The molecule has 2 heterocycles. The number of benzene rings is 2. The predicted molar refractivity (Wildman–Crippen MR) is 137 cm³/mol. The highest BCUT2D eigenvalue weighted by Gasteiger charge is 2.35. The maximum atomic E-state index is 13.3. The van der Waals surface area contributed by atoms with Crippen LogP contribution in [0.15, 0.2) is 72.9 Å². The highest BCUT2D eigenvalue weighted by atomic mass is 35.5. The molecule has 0 aliphatic heterocycles. The van der Waals surface area contributed by atoms with Gasteiger partial charge in [-0.2, -0.15) is 31.4 Å². The number of nitrogens with one attached hydrogen (secondary N) is 2. The average molecular weight is 596 g/mol. The van der Waals surface area contributed by atoms with Crippen molar-refractivity contribution in [3.05, 3.63) is 106 Å². The Balaban J connectivity index is 1.41. The molecule has 7 nitrogen and oxygen atoms in total. The summed E-state index contributed by atoms with van der Waals surface area (Å²) in [5, 5.41) is 8.94. The SMILES string of the molecule is CC(C(=O)NCc1cc(C(F)(F)F)nn1-c1cccc(Cl)c1)c1ccc(C(=O)Nc2ccc(C(F)(F)F)cc2)nc1. The van der Waals surface area contributed by atoms with Crippen LogP contribution in [0.4, 0.5) is 32.0 Å². The Hall–Kier alpha value is -4.39. The topological polar surface area (TPSA) is 88.9 Å². The number of anilines is 1. The number of hydrogen-bond donors (Lipinski definition) is 2. The second-order valence-corrected chi connectivity index (χ2v) is 9.29. The number of pyridine rings is 1. The molecule has 1 unspecified atom stereocenters. The van der Waals surface area contributed by atoms with Gasteiger partial charge in [0.1, 0.15) is 5.69 Å². The molecular weight excluding hydrogens is 576 g/mol. The number of carbonyl (C=O) groups excluding carboxylic acids is 2. The second kappa shape index (κ2) is 11.6. The molecule has 2 aromatic heterocycles. The van der Waals surface area contributed by atoms with Crippen LogP contribution >= 0.6 is 11.6 Å². The number of amides is 2. The number of rotatable bonds is 7. The second-order valence-electron chi connectivity index (χ2n) is 8.86. The molecule has 0 saturated heterocycles. The van der Waals surface area contributed by atoms with Crippen LogP contribution in [-0.2, 0) is 23.7 Å². The van der Waals surface area contributed by atoms with Gasteiger partial charge in [-0.05, 0) is 67.1 Å². The van der Waals surface area contributed by atoms with Crippen molar-refractivity contribution in [3.63, 3.8) is 0 Å². The van der Waals surface area contributed by atoms with Crippen LogP contribution in [-0.4, -0.2) is 26.6 Å². The normalized spacial score (nSPS) is 12.6. The summed E-state index contributed by atoms with van der Waals surface area (Å²) in [7, 11) is 0. The molecule has 41 heavy (non-hydrogen) atoms. The van der Waals surface area contributed by atoms with Crippen LogP contribution in [0, 0.1) is 0 Å². The quantitative estimate of drug-likeness (QED) is 0.235. The highest BCUT2D eigenvalue weighted by Crippen LogP contribution is 2.31. The monoisotopic (exact) mass is 595 g/mol. The zero-order valence-electron chi connectivity index (χ0n) is 21.0. The van der Waals surface area contributed by atoms with Crippen LogP contribution in [0.2, 0.25) is 5.02 Å². The van der Waals surface area contributed by atoms with E-state index in [2.05, 4.69) is 20.7 Å². The zero-order chi connectivity index (χ0) is 29.9. The molecule has 0 spiro atoms. The van der Waals surface area contributed by atoms with E-state index in [0.29, 0.717) is 10.6 Å². The van der Waals surface area contributed by atoms with Gasteiger partial charge < -0.3 is 10.6 Å². The van der Waals surface area contributed by atoms with E-state index in [0.717, 1.165) is 35.0 Å². The summed E-state index contributed by atoms with van der Waals surface area (Å²) in [6.07, 6.45) is -7.93. The lowest BCUT2D eigenvalue weighted by atomic mass is 10.0. The smallest absolute Gasteiger partial charge is 0.350 e. The molecule has 0 bridgehead atoms. The Morgan fingerprint density at radius 1 is 0.951 bits per heavy atom. The third kappa shape index (κ3) is 7.23. The minimum Gasteiger partial charge on any atom is -0.350 e. The summed E-state index contributed by atoms with van der Waals surface area (Å²) < 4.78 is 79.2. The van der Waals surface area contributed by atoms with E-state index in [9.17, 15) is 35.9 Å². The minimum atomic E-state index is -4.71. The van der Waals surface area contributed by atoms with E-state index in [1.54, 1.807) is 19.1 Å². The maximum absolute atomic E-state index is 13.3. The number of nitrogens with zero attached hydrogens (tertiary/aromatic N) is 3. The zero-order valence-corrected chi connectivity index (χ0v) is 21.8. The van der Waals surface area contributed by atoms with Crippen molar-refractivity contribution in [3.8, 4) is 5.69 Å². The van der Waals surface area contributed by atoms with Gasteiger partial charge in [0.25, 0.3) is 5.91 Å². The molecule has 1 atom stereocenters. The first-order chi connectivity index (χ1) is 19.2. The van der Waals surface area contributed by atoms with E-state index in [4.69, 9.17) is 11.6 Å². The van der Waals surface area contributed by atoms with Crippen LogP contribution in [0.5, 0.6) is 0 Å². The molecule has 4 aromatic rings. The van der Waals surface area contributed by atoms with Crippen molar-refractivity contribution >= 4 is 29.1 Å². The third-order valence-corrected chi connectivity index (χ3v) is 6.19. The largest absolute Gasteiger partial charge is 0.435 e. The molecule has 14 heteroatoms. The molecule has 0 aliphatic carbocycles. The van der Waals surface area contributed by atoms with Crippen LogP contribution in [0.3, 0.4) is 0 Å². The third-order valence-electron chi connectivity index (χ3n) is 5.95. The molecule has 0 fully saturated rings. The summed E-state index contributed by atoms with van der Waals surface area (Å²) in [5.74, 6) is -2.00. The number of hydrogen-bond acceptors (Lipinski definition) is 4. The number of alkyl halides is 6. The van der Waals surface area contributed by atoms with E-state index < -0.39 is 41.3 Å². The van der Waals surface area contributed by atoms with Crippen molar-refractivity contribution in [2.24, 2.45) is 0 Å². The average Bonchev–Trinajstić information content (AvgIpc) is 3.36. The lowest BCUT2D eigenvalue weighted by molar-refractivity contribution is -0.141. The van der Waals surface area contributed by atoms with Crippen molar-refractivity contribution in [1.29, 1.82) is 0 Å². The van der Waals surface area contributed by atoms with E-state index in [1.807, 2.05) is 0 Å². The molecule has 4 rings (SSSR count). The first-order valence-corrected chi connectivity index (χ1v) is 12.2. The van der Waals surface area contributed by atoms with Gasteiger partial charge >= 0.3 is 12.4 Å². The van der Waals surface area contributed by atoms with Crippen LogP contribution in [0.1, 0.15) is 45.8 Å². The molecule has 2 amide bonds. The Morgan fingerprint density at radius 2 is 1.66 bits per heavy atom. The fourth-order valence-corrected chi connectivity index (χ4v) is 3.92. The summed E-state index contributed by atoms with van der Waals surface area (Å²) in [5.41, 5.74) is -1.16. The van der Waals surface area contributed by atoms with Gasteiger partial charge in [-0.3, -0.25) is 14.6 Å². The summed E-state index contributed by atoms with van der Waals surface area (Å²) in [6.45, 7) is 1.27. The van der Waals surface area contributed by atoms with Crippen LogP contribution in [0.25, 0.3) is 5.69 Å². The first kappa shape index (κ1) is 29.6. The number of carbonyl (C=O) groups is 2. The van der Waals surface area contributed by atoms with Gasteiger partial charge in [-0.15, -0.1) is 0 Å². The summed E-state index contributed by atoms with van der Waals surface area (Å²) in [4.78, 5) is 29.3. The fraction of sp³-hybridized carbons (Fsp3) is 0.185. The molecule has 2 aromatic carbocycles. The highest BCUT2D eigenvalue weighted by molar-refractivity contribution is 6.30. The van der Waals surface area contributed by atoms with Gasteiger partial charge in [-0.1, -0.05) is 23.7 Å². The molecule has 2 N–H and O–H groups in total. The van der Waals surface area contributed by atoms with Crippen molar-refractivity contribution in [1.82, 2.24) is 20.1 Å². The lowest BCUT2D eigenvalue weighted by Crippen LogP contribution is -2.28. The molecule has 0 aliphatic rings. The van der Waals surface area contributed by atoms with Gasteiger partial charge in [-0.25, -0.2) is 4.68 Å². The number of aromatic nitrogens is 3. The van der Waals surface area contributed by atoms with E-state index in [1.165, 1.54) is 30.5 Å². The number of halogens is 7. The molecule has 0 saturated carbocycles. The van der Waals surface area contributed by atoms with E-state index >= 15 is 0 Å². The Labute approximate surface area is 234 Å². The fourth-order valence-electron chi connectivity index (χ4n) is 3.73. The molecule has 214 valence electrons. The minimum absolute atomic E-state index is 0.0497. The Morgan fingerprint density at radius 3 is 2.24 bits per heavy atom.